The van der Waals surface area contributed by atoms with E-state index >= 15 is 0 Å². The van der Waals surface area contributed by atoms with Crippen molar-refractivity contribution in [2.45, 2.75) is 106 Å². The van der Waals surface area contributed by atoms with Gasteiger partial charge in [0, 0.05) is 53.8 Å². The van der Waals surface area contributed by atoms with Crippen LogP contribution < -0.4 is 25.5 Å². The zero-order valence-electron chi connectivity index (χ0n) is 42.9. The van der Waals surface area contributed by atoms with Crippen molar-refractivity contribution >= 4 is 99.9 Å². The van der Waals surface area contributed by atoms with Crippen LogP contribution in [0.1, 0.15) is 101 Å². The van der Waals surface area contributed by atoms with Gasteiger partial charge < -0.3 is 18.6 Å². The van der Waals surface area contributed by atoms with Crippen LogP contribution >= 0.6 is 11.3 Å². The molecule has 12 rings (SSSR count). The summed E-state index contributed by atoms with van der Waals surface area (Å²) in [6.45, 7) is 30.2. The Morgan fingerprint density at radius 2 is 0.957 bits per heavy atom. The highest BCUT2D eigenvalue weighted by Gasteiger charge is 2.47. The summed E-state index contributed by atoms with van der Waals surface area (Å²) in [4.78, 5) is 5.30. The summed E-state index contributed by atoms with van der Waals surface area (Å²) in [5, 5.41) is 3.52. The minimum atomic E-state index is -0.166. The lowest BCUT2D eigenvalue weighted by atomic mass is 9.36. The number of furan rings is 2. The van der Waals surface area contributed by atoms with Crippen molar-refractivity contribution in [3.63, 3.8) is 0 Å². The van der Waals surface area contributed by atoms with Crippen LogP contribution in [0, 0.1) is 27.7 Å². The summed E-state index contributed by atoms with van der Waals surface area (Å²) in [7, 11) is 0. The molecule has 0 saturated carbocycles. The molecule has 7 aromatic carbocycles. The van der Waals surface area contributed by atoms with E-state index in [2.05, 4.69) is 227 Å². The maximum atomic E-state index is 6.65. The van der Waals surface area contributed by atoms with E-state index in [1.54, 1.807) is 0 Å². The number of hydrogen-bond donors (Lipinski definition) is 0. The maximum absolute atomic E-state index is 6.65. The SMILES string of the molecule is Cc1cc(C(C)(C)C)cc(C)c1N1c2cc(-c3cc4ccccc4o3)ccc2B2c3sc4ccc(C(C)(C)C)cc4c3N(c3c(C)cc(-c4cc5ccccc5o4)cc3C)c3cc(C(C)(C)C)cc1c32. The molecule has 0 unspecified atom stereocenters. The molecule has 0 spiro atoms. The molecule has 0 atom stereocenters. The molecule has 10 aromatic rings. The van der Waals surface area contributed by atoms with E-state index in [1.165, 1.54) is 98.9 Å². The largest absolute Gasteiger partial charge is 0.456 e. The number of benzene rings is 7. The molecule has 0 bridgehead atoms. The summed E-state index contributed by atoms with van der Waals surface area (Å²) in [5.41, 5.74) is 22.7. The zero-order chi connectivity index (χ0) is 48.9. The Morgan fingerprint density at radius 1 is 0.443 bits per heavy atom. The molecule has 0 radical (unpaired) electrons. The smallest absolute Gasteiger partial charge is 0.264 e. The monoisotopic (exact) mass is 932 g/mol. The molecule has 6 heteroatoms. The van der Waals surface area contributed by atoms with Gasteiger partial charge in [-0.1, -0.05) is 129 Å². The van der Waals surface area contributed by atoms with E-state index in [-0.39, 0.29) is 23.0 Å². The lowest BCUT2D eigenvalue weighted by Gasteiger charge is -2.45. The first-order chi connectivity index (χ1) is 33.2. The topological polar surface area (TPSA) is 32.8 Å². The molecule has 2 aliphatic heterocycles. The number of thiophene rings is 1. The molecule has 0 fully saturated rings. The van der Waals surface area contributed by atoms with Crippen molar-refractivity contribution in [3.05, 3.63) is 172 Å². The number of para-hydroxylation sites is 2. The zero-order valence-corrected chi connectivity index (χ0v) is 43.7. The Balaban J connectivity index is 1.19. The second kappa shape index (κ2) is 15.4. The standard InChI is InChI=1S/C64H61BN2O2S/c1-36-26-43(55-32-41-19-15-17-21-53(41)69-55)27-37(2)59(36)67-51-35-46(64(11,12)13)34-50-57(51)65(61-60(67)47-33-44(62(5,6)7)23-25-56(47)70-61)48-24-22-42(54-31-40-18-14-16-20-52(40)68-54)30-49(48)66(50)58-38(3)28-45(29-39(58)4)63(8,9)10/h14-35H,1-13H3. The van der Waals surface area contributed by atoms with E-state index in [1.807, 2.05) is 17.4 Å². The van der Waals surface area contributed by atoms with Gasteiger partial charge in [-0.2, -0.15) is 0 Å². The molecule has 2 aliphatic rings. The molecule has 3 aromatic heterocycles. The van der Waals surface area contributed by atoms with Gasteiger partial charge in [-0.3, -0.25) is 0 Å². The van der Waals surface area contributed by atoms with Crippen LogP contribution in [0.25, 0.3) is 54.7 Å². The third kappa shape index (κ3) is 6.92. The van der Waals surface area contributed by atoms with Crippen LogP contribution in [0.2, 0.25) is 0 Å². The molecule has 0 N–H and O–H groups in total. The summed E-state index contributed by atoms with van der Waals surface area (Å²) < 4.78 is 15.8. The van der Waals surface area contributed by atoms with E-state index in [9.17, 15) is 0 Å². The third-order valence-corrected chi connectivity index (χ3v) is 16.3. The second-order valence-corrected chi connectivity index (χ2v) is 24.4. The Hall–Kier alpha value is -6.76. The van der Waals surface area contributed by atoms with Crippen molar-refractivity contribution in [1.82, 2.24) is 0 Å². The predicted molar refractivity (Wildman–Crippen MR) is 301 cm³/mol. The highest BCUT2D eigenvalue weighted by atomic mass is 32.1. The highest BCUT2D eigenvalue weighted by molar-refractivity contribution is 7.33. The van der Waals surface area contributed by atoms with E-state index < -0.39 is 0 Å². The summed E-state index contributed by atoms with van der Waals surface area (Å²) in [6, 6.07) is 50.0. The van der Waals surface area contributed by atoms with Crippen molar-refractivity contribution < 1.29 is 8.83 Å². The van der Waals surface area contributed by atoms with Crippen molar-refractivity contribution in [2.75, 3.05) is 9.80 Å². The van der Waals surface area contributed by atoms with Gasteiger partial charge in [0.15, 0.2) is 0 Å². The third-order valence-electron chi connectivity index (χ3n) is 15.1. The number of rotatable bonds is 4. The quantitative estimate of drug-likeness (QED) is 0.165. The lowest BCUT2D eigenvalue weighted by Crippen LogP contribution is -2.60. The van der Waals surface area contributed by atoms with Crippen molar-refractivity contribution in [1.29, 1.82) is 0 Å². The van der Waals surface area contributed by atoms with Crippen LogP contribution in [0.5, 0.6) is 0 Å². The van der Waals surface area contributed by atoms with Gasteiger partial charge in [0.05, 0.1) is 17.1 Å². The van der Waals surface area contributed by atoms with Crippen LogP contribution in [0.15, 0.2) is 142 Å². The van der Waals surface area contributed by atoms with Crippen LogP contribution in [-0.4, -0.2) is 6.71 Å². The maximum Gasteiger partial charge on any atom is 0.264 e. The van der Waals surface area contributed by atoms with Gasteiger partial charge in [0.25, 0.3) is 6.71 Å². The summed E-state index contributed by atoms with van der Waals surface area (Å²) in [5.74, 6) is 1.76. The lowest BCUT2D eigenvalue weighted by molar-refractivity contribution is 0.589. The molecule has 0 aliphatic carbocycles. The van der Waals surface area contributed by atoms with Crippen molar-refractivity contribution in [2.24, 2.45) is 0 Å². The molecule has 0 saturated heterocycles. The molecule has 0 amide bonds. The Morgan fingerprint density at radius 3 is 1.53 bits per heavy atom. The van der Waals surface area contributed by atoms with Gasteiger partial charge in [-0.25, -0.2) is 0 Å². The molecule has 70 heavy (non-hydrogen) atoms. The number of aryl methyl sites for hydroxylation is 4. The number of fused-ring (bicyclic) bond motifs is 8. The molecule has 348 valence electrons. The van der Waals surface area contributed by atoms with Crippen LogP contribution in [0.4, 0.5) is 34.1 Å². The Labute approximate surface area is 417 Å². The number of anilines is 6. The molecular formula is C64H61BN2O2S. The first kappa shape index (κ1) is 44.5. The first-order valence-electron chi connectivity index (χ1n) is 24.9. The van der Waals surface area contributed by atoms with Crippen LogP contribution in [0.3, 0.4) is 0 Å². The van der Waals surface area contributed by atoms with Gasteiger partial charge in [0.1, 0.15) is 22.7 Å². The molecule has 5 heterocycles. The van der Waals surface area contributed by atoms with Crippen molar-refractivity contribution in [3.8, 4) is 22.6 Å². The molecule has 4 nitrogen and oxygen atoms in total. The minimum Gasteiger partial charge on any atom is -0.456 e. The first-order valence-corrected chi connectivity index (χ1v) is 25.7. The highest BCUT2D eigenvalue weighted by Crippen LogP contribution is 2.53. The van der Waals surface area contributed by atoms with Gasteiger partial charge in [0.2, 0.25) is 0 Å². The fourth-order valence-electron chi connectivity index (χ4n) is 11.4. The summed E-state index contributed by atoms with van der Waals surface area (Å²) >= 11 is 1.96. The van der Waals surface area contributed by atoms with Crippen LogP contribution in [-0.2, 0) is 16.2 Å². The summed E-state index contributed by atoms with van der Waals surface area (Å²) in [6.07, 6.45) is 0. The van der Waals surface area contributed by atoms with E-state index in [0.717, 1.165) is 44.6 Å². The Kier molecular flexibility index (Phi) is 9.76. The van der Waals surface area contributed by atoms with E-state index in [0.29, 0.717) is 0 Å². The fraction of sp³-hybridized carbons (Fsp3) is 0.250. The van der Waals surface area contributed by atoms with E-state index in [4.69, 9.17) is 8.83 Å². The minimum absolute atomic E-state index is 0.000655. The number of hydrogen-bond acceptors (Lipinski definition) is 5. The van der Waals surface area contributed by atoms with Gasteiger partial charge >= 0.3 is 0 Å². The molecular weight excluding hydrogens is 872 g/mol. The normalized spacial score (nSPS) is 13.7. The van der Waals surface area contributed by atoms with Gasteiger partial charge in [-0.15, -0.1) is 11.3 Å². The second-order valence-electron chi connectivity index (χ2n) is 23.3. The predicted octanol–water partition coefficient (Wildman–Crippen LogP) is 16.9. The number of nitrogens with zero attached hydrogens (tertiary/aromatic N) is 2. The average molecular weight is 933 g/mol. The fourth-order valence-corrected chi connectivity index (χ4v) is 12.7. The average Bonchev–Trinajstić information content (AvgIpc) is 4.04. The van der Waals surface area contributed by atoms with Gasteiger partial charge in [-0.05, 0) is 161 Å². The Bertz CT molecular complexity index is 3690.